The third-order valence-corrected chi connectivity index (χ3v) is 6.14. The van der Waals surface area contributed by atoms with Crippen molar-refractivity contribution in [1.29, 1.82) is 0 Å². The summed E-state index contributed by atoms with van der Waals surface area (Å²) in [7, 11) is 0. The van der Waals surface area contributed by atoms with E-state index in [9.17, 15) is 27.9 Å². The zero-order chi connectivity index (χ0) is 27.8. The molecule has 1 aromatic heterocycles. The standard InChI is InChI=1S/C31H25F3N2O3/c32-31(33,34)26-16-11-22(12-17-26)13-18-29(37)36(28(30(38)39)20-23-6-2-1-3-7-23)21-24-9-14-25(15-10-24)27-8-4-5-19-35-27/h1-19,28H,20-21H2,(H,38,39). The van der Waals surface area contributed by atoms with E-state index in [1.807, 2.05) is 48.5 Å². The maximum atomic E-state index is 13.4. The molecule has 0 saturated carbocycles. The van der Waals surface area contributed by atoms with Crippen LogP contribution in [0, 0.1) is 0 Å². The number of nitrogens with zero attached hydrogens (tertiary/aromatic N) is 2. The second kappa shape index (κ2) is 12.2. The number of carbonyl (C=O) groups is 2. The van der Waals surface area contributed by atoms with E-state index < -0.39 is 29.7 Å². The summed E-state index contributed by atoms with van der Waals surface area (Å²) in [4.78, 5) is 31.3. The highest BCUT2D eigenvalue weighted by atomic mass is 19.4. The first kappa shape index (κ1) is 27.3. The number of alkyl halides is 3. The van der Waals surface area contributed by atoms with E-state index in [0.29, 0.717) is 11.1 Å². The lowest BCUT2D eigenvalue weighted by Gasteiger charge is -2.28. The van der Waals surface area contributed by atoms with Crippen molar-refractivity contribution in [1.82, 2.24) is 9.88 Å². The van der Waals surface area contributed by atoms with Gasteiger partial charge in [0.2, 0.25) is 5.91 Å². The van der Waals surface area contributed by atoms with Gasteiger partial charge in [-0.15, -0.1) is 0 Å². The first-order valence-electron chi connectivity index (χ1n) is 12.1. The molecule has 1 unspecified atom stereocenters. The minimum absolute atomic E-state index is 0.0164. The summed E-state index contributed by atoms with van der Waals surface area (Å²) >= 11 is 0. The van der Waals surface area contributed by atoms with Crippen LogP contribution in [0.2, 0.25) is 0 Å². The molecular formula is C31H25F3N2O3. The Hall–Kier alpha value is -4.72. The predicted molar refractivity (Wildman–Crippen MR) is 142 cm³/mol. The normalized spacial score (nSPS) is 12.3. The van der Waals surface area contributed by atoms with E-state index in [-0.39, 0.29) is 13.0 Å². The van der Waals surface area contributed by atoms with Gasteiger partial charge >= 0.3 is 12.1 Å². The molecule has 39 heavy (non-hydrogen) atoms. The number of carbonyl (C=O) groups excluding carboxylic acids is 1. The molecule has 0 aliphatic rings. The zero-order valence-electron chi connectivity index (χ0n) is 20.8. The van der Waals surface area contributed by atoms with Crippen LogP contribution in [0.3, 0.4) is 0 Å². The summed E-state index contributed by atoms with van der Waals surface area (Å²) in [5.74, 6) is -1.74. The molecule has 198 valence electrons. The molecule has 0 bridgehead atoms. The van der Waals surface area contributed by atoms with Gasteiger partial charge in [-0.25, -0.2) is 4.79 Å². The first-order chi connectivity index (χ1) is 18.7. The molecule has 0 radical (unpaired) electrons. The first-order valence-corrected chi connectivity index (χ1v) is 12.1. The van der Waals surface area contributed by atoms with Gasteiger partial charge in [0, 0.05) is 30.8 Å². The lowest BCUT2D eigenvalue weighted by molar-refractivity contribution is -0.148. The summed E-state index contributed by atoms with van der Waals surface area (Å²) in [5, 5.41) is 10.1. The highest BCUT2D eigenvalue weighted by Crippen LogP contribution is 2.29. The smallest absolute Gasteiger partial charge is 0.416 e. The number of pyridine rings is 1. The topological polar surface area (TPSA) is 70.5 Å². The minimum Gasteiger partial charge on any atom is -0.480 e. The third-order valence-electron chi connectivity index (χ3n) is 6.14. The van der Waals surface area contributed by atoms with Crippen molar-refractivity contribution in [2.45, 2.75) is 25.2 Å². The van der Waals surface area contributed by atoms with Crippen LogP contribution in [0.5, 0.6) is 0 Å². The van der Waals surface area contributed by atoms with Gasteiger partial charge in [-0.1, -0.05) is 72.8 Å². The number of halogens is 3. The second-order valence-corrected chi connectivity index (χ2v) is 8.87. The van der Waals surface area contributed by atoms with Gasteiger partial charge in [-0.2, -0.15) is 13.2 Å². The highest BCUT2D eigenvalue weighted by molar-refractivity contribution is 5.94. The Labute approximate surface area is 223 Å². The van der Waals surface area contributed by atoms with Crippen LogP contribution in [0.4, 0.5) is 13.2 Å². The van der Waals surface area contributed by atoms with Crippen molar-refractivity contribution in [2.24, 2.45) is 0 Å². The van der Waals surface area contributed by atoms with Crippen molar-refractivity contribution >= 4 is 18.0 Å². The lowest BCUT2D eigenvalue weighted by Crippen LogP contribution is -2.45. The third kappa shape index (κ3) is 7.41. The molecule has 1 amide bonds. The number of hydrogen-bond acceptors (Lipinski definition) is 3. The van der Waals surface area contributed by atoms with Crippen LogP contribution in [0.15, 0.2) is 109 Å². The van der Waals surface area contributed by atoms with E-state index in [2.05, 4.69) is 4.98 Å². The van der Waals surface area contributed by atoms with Crippen molar-refractivity contribution < 1.29 is 27.9 Å². The van der Waals surface area contributed by atoms with E-state index in [0.717, 1.165) is 29.0 Å². The molecule has 1 N–H and O–H groups in total. The molecule has 0 fully saturated rings. The Morgan fingerprint density at radius 3 is 2.10 bits per heavy atom. The van der Waals surface area contributed by atoms with E-state index >= 15 is 0 Å². The average Bonchev–Trinajstić information content (AvgIpc) is 2.94. The minimum atomic E-state index is -4.47. The summed E-state index contributed by atoms with van der Waals surface area (Å²) in [6.45, 7) is 0.0164. The number of amides is 1. The van der Waals surface area contributed by atoms with Gasteiger partial charge in [-0.3, -0.25) is 9.78 Å². The van der Waals surface area contributed by atoms with Crippen molar-refractivity contribution in [3.8, 4) is 11.3 Å². The Balaban J connectivity index is 1.60. The molecule has 1 atom stereocenters. The van der Waals surface area contributed by atoms with Crippen LogP contribution >= 0.6 is 0 Å². The zero-order valence-corrected chi connectivity index (χ0v) is 20.8. The van der Waals surface area contributed by atoms with Crippen LogP contribution in [-0.4, -0.2) is 32.9 Å². The number of aromatic nitrogens is 1. The van der Waals surface area contributed by atoms with Gasteiger partial charge in [0.1, 0.15) is 6.04 Å². The molecule has 3 aromatic carbocycles. The van der Waals surface area contributed by atoms with Crippen LogP contribution < -0.4 is 0 Å². The Morgan fingerprint density at radius 2 is 1.51 bits per heavy atom. The molecular weight excluding hydrogens is 505 g/mol. The fourth-order valence-corrected chi connectivity index (χ4v) is 4.07. The number of aliphatic carboxylic acids is 1. The molecule has 4 aromatic rings. The van der Waals surface area contributed by atoms with Gasteiger partial charge < -0.3 is 10.0 Å². The van der Waals surface area contributed by atoms with Crippen molar-refractivity contribution in [2.75, 3.05) is 0 Å². The monoisotopic (exact) mass is 530 g/mol. The summed E-state index contributed by atoms with van der Waals surface area (Å²) in [6.07, 6.45) is -0.129. The number of rotatable bonds is 9. The molecule has 0 aliphatic carbocycles. The number of hydrogen-bond donors (Lipinski definition) is 1. The summed E-state index contributed by atoms with van der Waals surface area (Å²) in [5.41, 5.74) is 2.70. The summed E-state index contributed by atoms with van der Waals surface area (Å²) < 4.78 is 38.6. The number of carboxylic acid groups (broad SMARTS) is 1. The quantitative estimate of drug-likeness (QED) is 0.251. The Bertz CT molecular complexity index is 1420. The Kier molecular flexibility index (Phi) is 8.56. The maximum absolute atomic E-state index is 13.4. The van der Waals surface area contributed by atoms with Gasteiger partial charge in [0.05, 0.1) is 11.3 Å². The second-order valence-electron chi connectivity index (χ2n) is 8.87. The fraction of sp³-hybridized carbons (Fsp3) is 0.129. The maximum Gasteiger partial charge on any atom is 0.416 e. The number of benzene rings is 3. The van der Waals surface area contributed by atoms with Gasteiger partial charge in [-0.05, 0) is 47.0 Å². The molecule has 1 heterocycles. The number of carboxylic acids is 1. The van der Waals surface area contributed by atoms with Crippen molar-refractivity contribution in [3.05, 3.63) is 132 Å². The molecule has 5 nitrogen and oxygen atoms in total. The fourth-order valence-electron chi connectivity index (χ4n) is 4.07. The average molecular weight is 531 g/mol. The lowest BCUT2D eigenvalue weighted by atomic mass is 10.0. The summed E-state index contributed by atoms with van der Waals surface area (Å²) in [6, 6.07) is 25.1. The molecule has 0 aliphatic heterocycles. The van der Waals surface area contributed by atoms with Gasteiger partial charge in [0.15, 0.2) is 0 Å². The molecule has 4 rings (SSSR count). The van der Waals surface area contributed by atoms with E-state index in [4.69, 9.17) is 0 Å². The van der Waals surface area contributed by atoms with Crippen molar-refractivity contribution in [3.63, 3.8) is 0 Å². The SMILES string of the molecule is O=C(O)C(Cc1ccccc1)N(Cc1ccc(-c2ccccn2)cc1)C(=O)C=Cc1ccc(C(F)(F)F)cc1. The van der Waals surface area contributed by atoms with Gasteiger partial charge in [0.25, 0.3) is 0 Å². The predicted octanol–water partition coefficient (Wildman–Crippen LogP) is 6.51. The van der Waals surface area contributed by atoms with Crippen LogP contribution in [-0.2, 0) is 28.7 Å². The van der Waals surface area contributed by atoms with Crippen LogP contribution in [0.25, 0.3) is 17.3 Å². The van der Waals surface area contributed by atoms with E-state index in [1.165, 1.54) is 29.2 Å². The van der Waals surface area contributed by atoms with E-state index in [1.54, 1.807) is 30.5 Å². The molecule has 0 saturated heterocycles. The molecule has 0 spiro atoms. The highest BCUT2D eigenvalue weighted by Gasteiger charge is 2.30. The molecule has 8 heteroatoms. The van der Waals surface area contributed by atoms with Crippen LogP contribution in [0.1, 0.15) is 22.3 Å². The Morgan fingerprint density at radius 1 is 0.846 bits per heavy atom. The largest absolute Gasteiger partial charge is 0.480 e.